The van der Waals surface area contributed by atoms with E-state index in [1.54, 1.807) is 0 Å². The summed E-state index contributed by atoms with van der Waals surface area (Å²) in [6.07, 6.45) is -7.88. The lowest BCUT2D eigenvalue weighted by atomic mass is 10.2. The summed E-state index contributed by atoms with van der Waals surface area (Å²) >= 11 is 1.53. The number of nitrogens with zero attached hydrogens (tertiary/aromatic N) is 1. The first-order valence-corrected chi connectivity index (χ1v) is 4.99. The van der Waals surface area contributed by atoms with Crippen LogP contribution >= 0.6 is 22.6 Å². The Morgan fingerprint density at radius 2 is 1.94 bits per heavy atom. The number of alkyl halides is 5. The van der Waals surface area contributed by atoms with Gasteiger partial charge in [-0.05, 0) is 41.1 Å². The van der Waals surface area contributed by atoms with Gasteiger partial charge in [-0.25, -0.2) is 13.8 Å². The van der Waals surface area contributed by atoms with E-state index in [1.807, 2.05) is 0 Å². The average molecular weight is 353 g/mol. The minimum absolute atomic E-state index is 0.0248. The highest BCUT2D eigenvalue weighted by Gasteiger charge is 2.33. The molecule has 0 fully saturated rings. The van der Waals surface area contributed by atoms with Gasteiger partial charge in [-0.1, -0.05) is 0 Å². The third-order valence-electron chi connectivity index (χ3n) is 1.59. The topological polar surface area (TPSA) is 22.1 Å². The van der Waals surface area contributed by atoms with Crippen LogP contribution in [0.25, 0.3) is 0 Å². The molecular weight excluding hydrogens is 348 g/mol. The van der Waals surface area contributed by atoms with E-state index in [9.17, 15) is 22.0 Å². The van der Waals surface area contributed by atoms with Crippen molar-refractivity contribution in [3.05, 3.63) is 20.9 Å². The van der Waals surface area contributed by atoms with Crippen molar-refractivity contribution >= 4 is 22.6 Å². The Morgan fingerprint density at radius 1 is 1.38 bits per heavy atom. The Morgan fingerprint density at radius 3 is 2.38 bits per heavy atom. The molecule has 1 heterocycles. The summed E-state index contributed by atoms with van der Waals surface area (Å²) < 4.78 is 64.0. The van der Waals surface area contributed by atoms with E-state index in [0.29, 0.717) is 0 Å². The maximum absolute atomic E-state index is 12.4. The second-order valence-electron chi connectivity index (χ2n) is 2.83. The highest BCUT2D eigenvalue weighted by molar-refractivity contribution is 14.1. The summed E-state index contributed by atoms with van der Waals surface area (Å²) in [5.41, 5.74) is -0.589. The van der Waals surface area contributed by atoms with Crippen molar-refractivity contribution in [1.82, 2.24) is 4.98 Å². The molecule has 0 aliphatic rings. The predicted octanol–water partition coefficient (Wildman–Crippen LogP) is 3.83. The molecule has 0 aliphatic heterocycles. The van der Waals surface area contributed by atoms with Gasteiger partial charge in [0.25, 0.3) is 6.43 Å². The van der Waals surface area contributed by atoms with Crippen molar-refractivity contribution < 1.29 is 26.7 Å². The second kappa shape index (κ2) is 4.68. The van der Waals surface area contributed by atoms with Gasteiger partial charge in [-0.3, -0.25) is 0 Å². The molecule has 90 valence electrons. The molecule has 0 unspecified atom stereocenters. The normalized spacial score (nSPS) is 12.0. The van der Waals surface area contributed by atoms with E-state index in [1.165, 1.54) is 29.5 Å². The molecule has 1 aromatic rings. The first-order valence-electron chi connectivity index (χ1n) is 3.91. The molecule has 0 bridgehead atoms. The molecule has 0 spiro atoms. The maximum atomic E-state index is 12.4. The van der Waals surface area contributed by atoms with Gasteiger partial charge in [0.05, 0.1) is 3.57 Å². The molecule has 1 aromatic heterocycles. The van der Waals surface area contributed by atoms with E-state index in [4.69, 9.17) is 0 Å². The van der Waals surface area contributed by atoms with Crippen LogP contribution in [0.5, 0.6) is 5.88 Å². The van der Waals surface area contributed by atoms with Crippen LogP contribution in [0.3, 0.4) is 0 Å². The Bertz CT molecular complexity index is 393. The molecule has 1 rings (SSSR count). The molecule has 0 radical (unpaired) electrons. The number of pyridine rings is 1. The average Bonchev–Trinajstić information content (AvgIpc) is 2.07. The molecule has 0 atom stereocenters. The molecule has 2 nitrogen and oxygen atoms in total. The fourth-order valence-electron chi connectivity index (χ4n) is 0.979. The van der Waals surface area contributed by atoms with Crippen molar-refractivity contribution in [3.63, 3.8) is 0 Å². The highest BCUT2D eigenvalue weighted by atomic mass is 127. The van der Waals surface area contributed by atoms with E-state index in [-0.39, 0.29) is 9.13 Å². The van der Waals surface area contributed by atoms with Crippen LogP contribution in [0.4, 0.5) is 22.0 Å². The van der Waals surface area contributed by atoms with E-state index < -0.39 is 24.4 Å². The first-order chi connectivity index (χ1) is 7.20. The fourth-order valence-corrected chi connectivity index (χ4v) is 1.68. The summed E-state index contributed by atoms with van der Waals surface area (Å²) in [5.74, 6) is -0.853. The van der Waals surface area contributed by atoms with Crippen molar-refractivity contribution in [2.75, 3.05) is 0 Å². The van der Waals surface area contributed by atoms with Gasteiger partial charge in [0.2, 0.25) is 5.88 Å². The van der Waals surface area contributed by atoms with Crippen molar-refractivity contribution in [1.29, 1.82) is 0 Å². The van der Waals surface area contributed by atoms with Crippen LogP contribution in [-0.2, 0) is 0 Å². The largest absolute Gasteiger partial charge is 0.574 e. The monoisotopic (exact) mass is 353 g/mol. The quantitative estimate of drug-likeness (QED) is 0.596. The lowest BCUT2D eigenvalue weighted by molar-refractivity contribution is -0.276. The second-order valence-corrected chi connectivity index (χ2v) is 3.99. The van der Waals surface area contributed by atoms with Crippen molar-refractivity contribution in [2.24, 2.45) is 0 Å². The Hall–Kier alpha value is -0.670. The van der Waals surface area contributed by atoms with Gasteiger partial charge < -0.3 is 4.74 Å². The van der Waals surface area contributed by atoms with Crippen molar-refractivity contribution in [3.8, 4) is 5.88 Å². The zero-order chi connectivity index (χ0) is 12.5. The Balaban J connectivity index is 3.15. The van der Waals surface area contributed by atoms with Crippen LogP contribution in [0, 0.1) is 10.5 Å². The lowest BCUT2D eigenvalue weighted by Gasteiger charge is -2.12. The number of hydrogen-bond donors (Lipinski definition) is 0. The number of ether oxygens (including phenoxy) is 1. The van der Waals surface area contributed by atoms with Gasteiger partial charge >= 0.3 is 6.36 Å². The molecule has 0 aromatic carbocycles. The minimum atomic E-state index is -4.94. The third kappa shape index (κ3) is 3.42. The van der Waals surface area contributed by atoms with Gasteiger partial charge in [0.1, 0.15) is 5.69 Å². The molecule has 0 aliphatic carbocycles. The summed E-state index contributed by atoms with van der Waals surface area (Å²) in [5, 5.41) is 0. The predicted molar refractivity (Wildman–Crippen MR) is 53.3 cm³/mol. The molecule has 0 N–H and O–H groups in total. The van der Waals surface area contributed by atoms with Crippen LogP contribution in [0.2, 0.25) is 0 Å². The zero-order valence-electron chi connectivity index (χ0n) is 7.78. The number of aryl methyl sites for hydroxylation is 1. The highest BCUT2D eigenvalue weighted by Crippen LogP contribution is 2.30. The van der Waals surface area contributed by atoms with E-state index in [0.717, 1.165) is 6.07 Å². The smallest absolute Gasteiger partial charge is 0.387 e. The minimum Gasteiger partial charge on any atom is -0.387 e. The zero-order valence-corrected chi connectivity index (χ0v) is 9.94. The van der Waals surface area contributed by atoms with E-state index >= 15 is 0 Å². The number of rotatable bonds is 2. The van der Waals surface area contributed by atoms with Gasteiger partial charge in [-0.15, -0.1) is 13.2 Å². The first kappa shape index (κ1) is 13.4. The van der Waals surface area contributed by atoms with Crippen LogP contribution in [0.1, 0.15) is 17.7 Å². The van der Waals surface area contributed by atoms with Gasteiger partial charge in [-0.2, -0.15) is 0 Å². The number of aromatic nitrogens is 1. The lowest BCUT2D eigenvalue weighted by Crippen LogP contribution is -2.19. The Kier molecular flexibility index (Phi) is 3.92. The van der Waals surface area contributed by atoms with Crippen molar-refractivity contribution in [2.45, 2.75) is 19.7 Å². The molecule has 8 heteroatoms. The van der Waals surface area contributed by atoms with Gasteiger partial charge in [0, 0.05) is 0 Å². The molecule has 0 amide bonds. The summed E-state index contributed by atoms with van der Waals surface area (Å²) in [6.45, 7) is 1.34. The maximum Gasteiger partial charge on any atom is 0.574 e. The van der Waals surface area contributed by atoms with Crippen LogP contribution < -0.4 is 4.74 Å². The van der Waals surface area contributed by atoms with Gasteiger partial charge in [0.15, 0.2) is 0 Å². The standard InChI is InChI=1S/C8H5F5INO/c1-3-2-4(14)7(16-8(11,12)13)15-5(3)6(9)10/h2,6H,1H3. The van der Waals surface area contributed by atoms with Crippen LogP contribution in [0.15, 0.2) is 6.07 Å². The van der Waals surface area contributed by atoms with E-state index in [2.05, 4.69) is 9.72 Å². The molecule has 0 saturated heterocycles. The third-order valence-corrected chi connectivity index (χ3v) is 2.37. The molecular formula is C8H5F5INO. The molecule has 0 saturated carbocycles. The summed E-state index contributed by atoms with van der Waals surface area (Å²) in [7, 11) is 0. The summed E-state index contributed by atoms with van der Waals surface area (Å²) in [6, 6.07) is 1.16. The number of hydrogen-bond acceptors (Lipinski definition) is 2. The fraction of sp³-hybridized carbons (Fsp3) is 0.375. The SMILES string of the molecule is Cc1cc(I)c(OC(F)(F)F)nc1C(F)F. The van der Waals surface area contributed by atoms with Crippen LogP contribution in [-0.4, -0.2) is 11.3 Å². The summed E-state index contributed by atoms with van der Waals surface area (Å²) in [4.78, 5) is 3.16. The number of halogens is 6. The molecule has 16 heavy (non-hydrogen) atoms. The Labute approximate surface area is 101 Å².